The molecule has 1 aromatic carbocycles. The molecule has 0 saturated carbocycles. The van der Waals surface area contributed by atoms with E-state index in [1.807, 2.05) is 78.7 Å². The third-order valence-electron chi connectivity index (χ3n) is 16.5. The van der Waals surface area contributed by atoms with Crippen molar-refractivity contribution in [3.8, 4) is 0 Å². The van der Waals surface area contributed by atoms with Crippen molar-refractivity contribution in [3.63, 3.8) is 0 Å². The van der Waals surface area contributed by atoms with E-state index in [0.717, 1.165) is 11.1 Å². The van der Waals surface area contributed by atoms with Crippen LogP contribution in [0.1, 0.15) is 138 Å². The van der Waals surface area contributed by atoms with Gasteiger partial charge < -0.3 is 68.9 Å². The number of aliphatic hydroxyl groups is 4. The lowest BCUT2D eigenvalue weighted by molar-refractivity contribution is -0.287. The van der Waals surface area contributed by atoms with E-state index in [-0.39, 0.29) is 49.3 Å². The van der Waals surface area contributed by atoms with Crippen LogP contribution < -0.4 is 5.32 Å². The van der Waals surface area contributed by atoms with Crippen molar-refractivity contribution in [1.29, 1.82) is 0 Å². The molecule has 5 N–H and O–H groups in total. The Hall–Kier alpha value is -2.79. The zero-order chi connectivity index (χ0) is 55.7. The molecule has 5 rings (SSSR count). The van der Waals surface area contributed by atoms with Crippen LogP contribution in [0.2, 0.25) is 0 Å². The van der Waals surface area contributed by atoms with Gasteiger partial charge in [0, 0.05) is 83.9 Å². The molecule has 1 unspecified atom stereocenters. The van der Waals surface area contributed by atoms with Crippen molar-refractivity contribution in [2.75, 3.05) is 60.3 Å². The summed E-state index contributed by atoms with van der Waals surface area (Å²) in [6.45, 7) is 19.1. The number of aliphatic hydroxyl groups excluding tert-OH is 2. The van der Waals surface area contributed by atoms with E-state index in [9.17, 15) is 39.2 Å². The lowest BCUT2D eigenvalue weighted by Gasteiger charge is -2.47. The molecule has 0 radical (unpaired) electrons. The summed E-state index contributed by atoms with van der Waals surface area (Å²) in [7, 11) is 5.41. The van der Waals surface area contributed by atoms with Crippen LogP contribution in [0, 0.1) is 11.8 Å². The summed E-state index contributed by atoms with van der Waals surface area (Å²) in [4.78, 5) is 45.6. The fourth-order valence-corrected chi connectivity index (χ4v) is 12.7. The van der Waals surface area contributed by atoms with Gasteiger partial charge in [0.15, 0.2) is 12.6 Å². The second-order valence-electron chi connectivity index (χ2n) is 23.0. The van der Waals surface area contributed by atoms with Crippen LogP contribution in [0.25, 0.3) is 5.57 Å². The number of alkyl halides is 1. The van der Waals surface area contributed by atoms with E-state index in [1.54, 1.807) is 51.2 Å². The fraction of sp³-hybridized carbons (Fsp3) is 0.804. The summed E-state index contributed by atoms with van der Waals surface area (Å²) in [5.41, 5.74) is -1.43. The first-order valence-corrected chi connectivity index (χ1v) is 28.5. The van der Waals surface area contributed by atoms with Crippen molar-refractivity contribution in [1.82, 2.24) is 20.0 Å². The first kappa shape index (κ1) is 63.0. The minimum Gasteiger partial charge on any atom is -0.458 e. The van der Waals surface area contributed by atoms with Crippen LogP contribution >= 0.6 is 11.8 Å². The number of cyclic esters (lactones) is 1. The van der Waals surface area contributed by atoms with Gasteiger partial charge in [0.05, 0.1) is 41.7 Å². The number of thioether (sulfide) groups is 1. The predicted molar refractivity (Wildman–Crippen MR) is 287 cm³/mol. The molecule has 3 fully saturated rings. The molecule has 0 aromatic heterocycles. The van der Waals surface area contributed by atoms with Gasteiger partial charge >= 0.3 is 5.97 Å². The van der Waals surface area contributed by atoms with Crippen molar-refractivity contribution in [3.05, 3.63) is 41.5 Å². The number of nitrogens with zero attached hydrogens (tertiary/aromatic N) is 3. The fourth-order valence-electron chi connectivity index (χ4n) is 11.9. The number of halogens is 1. The minimum absolute atomic E-state index is 0.0289. The van der Waals surface area contributed by atoms with Crippen LogP contribution in [-0.4, -0.2) is 203 Å². The quantitative estimate of drug-likeness (QED) is 0.127. The number of carbonyl (C=O) groups excluding carboxylic acids is 3. The number of hydrogen-bond acceptors (Lipinski definition) is 16. The summed E-state index contributed by atoms with van der Waals surface area (Å²) in [5.74, 6) is -1.92. The van der Waals surface area contributed by atoms with E-state index in [4.69, 9.17) is 28.4 Å². The molecule has 17 nitrogen and oxygen atoms in total. The molecule has 4 heterocycles. The Morgan fingerprint density at radius 3 is 2.25 bits per heavy atom. The second kappa shape index (κ2) is 27.4. The molecule has 75 heavy (non-hydrogen) atoms. The maximum Gasteiger partial charge on any atom is 0.322 e. The van der Waals surface area contributed by atoms with Gasteiger partial charge in [-0.25, -0.2) is 4.39 Å². The summed E-state index contributed by atoms with van der Waals surface area (Å²) in [6, 6.07) is 5.36. The SMILES string of the molecule is CC[C@H]1OC(=O)C(SC)[C@@H](O[C@H]2C[C@@](C)(OC)C[C@H](C)O2)[C@H](C)[C@@H](O[C@H]2C[C@@H](N(C)CCC(=O)N[C@H](CF)[C@H](O)c3ccc(C4=CCN(C(C)=O)CC4)cc3)C[C@@H](C)O2)[C@](C)(O)C[C@@H](C)CN(C)[C@H](C)[C@@H](O)[C@]1(C)O. The van der Waals surface area contributed by atoms with Gasteiger partial charge in [-0.05, 0) is 110 Å². The van der Waals surface area contributed by atoms with Crippen LogP contribution in [0.4, 0.5) is 4.39 Å². The highest BCUT2D eigenvalue weighted by atomic mass is 32.2. The van der Waals surface area contributed by atoms with Crippen molar-refractivity contribution < 1.29 is 67.6 Å². The molecule has 0 aliphatic carbocycles. The molecule has 18 atom stereocenters. The summed E-state index contributed by atoms with van der Waals surface area (Å²) < 4.78 is 53.6. The molecule has 0 bridgehead atoms. The molecular formula is C56H93FN4O13S. The minimum atomic E-state index is -1.82. The molecule has 19 heteroatoms. The van der Waals surface area contributed by atoms with Crippen LogP contribution in [-0.2, 0) is 42.8 Å². The van der Waals surface area contributed by atoms with Gasteiger partial charge in [0.25, 0.3) is 0 Å². The van der Waals surface area contributed by atoms with E-state index in [2.05, 4.69) is 10.2 Å². The number of nitrogens with one attached hydrogen (secondary N) is 1. The van der Waals surface area contributed by atoms with E-state index >= 15 is 0 Å². The zero-order valence-corrected chi connectivity index (χ0v) is 48.1. The van der Waals surface area contributed by atoms with E-state index in [0.29, 0.717) is 63.8 Å². The van der Waals surface area contributed by atoms with Crippen LogP contribution in [0.15, 0.2) is 30.3 Å². The Morgan fingerprint density at radius 1 is 1.00 bits per heavy atom. The number of carbonyl (C=O) groups is 3. The number of likely N-dealkylation sites (N-methyl/N-ethyl adjacent to an activating group) is 1. The Kier molecular flexibility index (Phi) is 23.0. The number of amides is 2. The lowest BCUT2D eigenvalue weighted by atomic mass is 9.79. The smallest absolute Gasteiger partial charge is 0.322 e. The average molecular weight is 1080 g/mol. The first-order chi connectivity index (χ1) is 35.2. The summed E-state index contributed by atoms with van der Waals surface area (Å²) in [5, 5.41) is 49.5. The predicted octanol–water partition coefficient (Wildman–Crippen LogP) is 5.64. The van der Waals surface area contributed by atoms with Gasteiger partial charge in [-0.1, -0.05) is 51.1 Å². The highest BCUT2D eigenvalue weighted by Gasteiger charge is 2.52. The Labute approximate surface area is 450 Å². The van der Waals surface area contributed by atoms with E-state index < -0.39 is 102 Å². The van der Waals surface area contributed by atoms with Gasteiger partial charge in [0.1, 0.15) is 35.8 Å². The standard InChI is InChI=1S/C56H93FN4O13S/c1-15-44-56(10,68)51(65)37(6)60(12)32-33(2)28-55(9,67)52(36(5)49(50(75-14)53(66)72-44)73-47-30-54(8,69-13)29-35(4)71-47)74-46-27-42(26-34(3)70-46)59(11)23-22-45(63)58-43(31-57)48(64)41-18-16-39(17-19-41)40-20-24-61(25-21-40)38(7)62/h16-20,33-37,42-44,46-52,64-65,67-68H,15,21-32H2,1-14H3,(H,58,63)/t33-,34-,35+,36+,37-,42+,43-,44-,46+,47+,48-,49+,50?,51-,52-,54+,55-,56-/m1/s1. The molecule has 1 aromatic rings. The molecular weight excluding hydrogens is 988 g/mol. The number of methoxy groups -OCH3 is 1. The van der Waals surface area contributed by atoms with Gasteiger partial charge in [0.2, 0.25) is 11.8 Å². The monoisotopic (exact) mass is 1080 g/mol. The highest BCUT2D eigenvalue weighted by molar-refractivity contribution is 8.00. The maximum absolute atomic E-state index is 14.7. The lowest BCUT2D eigenvalue weighted by Crippen LogP contribution is -2.59. The first-order valence-electron chi connectivity index (χ1n) is 27.2. The largest absolute Gasteiger partial charge is 0.458 e. The maximum atomic E-state index is 14.7. The van der Waals surface area contributed by atoms with Crippen molar-refractivity contribution in [2.24, 2.45) is 11.8 Å². The third-order valence-corrected chi connectivity index (χ3v) is 17.5. The number of ether oxygens (including phenoxy) is 6. The van der Waals surface area contributed by atoms with E-state index in [1.165, 1.54) is 18.7 Å². The van der Waals surface area contributed by atoms with Gasteiger partial charge in [-0.3, -0.25) is 14.4 Å². The van der Waals surface area contributed by atoms with Crippen molar-refractivity contribution in [2.45, 2.75) is 216 Å². The Bertz CT molecular complexity index is 2040. The topological polar surface area (TPSA) is 209 Å². The van der Waals surface area contributed by atoms with Gasteiger partial charge in [-0.15, -0.1) is 11.8 Å². The molecule has 0 spiro atoms. The molecule has 2 amide bonds. The Morgan fingerprint density at radius 2 is 1.67 bits per heavy atom. The zero-order valence-electron chi connectivity index (χ0n) is 47.3. The molecule has 4 aliphatic heterocycles. The number of hydrogen-bond donors (Lipinski definition) is 5. The number of esters is 1. The number of rotatable bonds is 16. The second-order valence-corrected chi connectivity index (χ2v) is 24.0. The van der Waals surface area contributed by atoms with Crippen LogP contribution in [0.3, 0.4) is 0 Å². The van der Waals surface area contributed by atoms with Crippen molar-refractivity contribution >= 4 is 35.1 Å². The van der Waals surface area contributed by atoms with Gasteiger partial charge in [-0.2, -0.15) is 0 Å². The molecule has 428 valence electrons. The Balaban J connectivity index is 1.36. The third kappa shape index (κ3) is 16.4. The molecule has 3 saturated heterocycles. The number of benzene rings is 1. The summed E-state index contributed by atoms with van der Waals surface area (Å²) in [6.07, 6.45) is -0.880. The summed E-state index contributed by atoms with van der Waals surface area (Å²) >= 11 is 1.22. The highest BCUT2D eigenvalue weighted by Crippen LogP contribution is 2.41. The molecule has 4 aliphatic rings. The average Bonchev–Trinajstić information content (AvgIpc) is 3.36. The normalized spacial score (nSPS) is 37.9. The van der Waals surface area contributed by atoms with Crippen LogP contribution in [0.5, 0.6) is 0 Å².